The number of hydrogen-bond donors (Lipinski definition) is 2. The fourth-order valence-electron chi connectivity index (χ4n) is 1.07. The Morgan fingerprint density at radius 2 is 2.56 bits per heavy atom. The molecule has 1 heterocycles. The molecule has 0 aromatic heterocycles. The van der Waals surface area contributed by atoms with E-state index >= 15 is 0 Å². The van der Waals surface area contributed by atoms with Crippen LogP contribution in [0.3, 0.4) is 0 Å². The minimum Gasteiger partial charge on any atom is -0.393 e. The number of aliphatic hydroxyl groups is 1. The van der Waals surface area contributed by atoms with Gasteiger partial charge in [-0.15, -0.1) is 0 Å². The highest BCUT2D eigenvalue weighted by Crippen LogP contribution is 2.12. The molecule has 0 aliphatic carbocycles. The molecule has 9 heavy (non-hydrogen) atoms. The van der Waals surface area contributed by atoms with Crippen LogP contribution in [0.1, 0.15) is 13.3 Å². The molecule has 1 saturated heterocycles. The predicted molar refractivity (Wildman–Crippen MR) is 32.8 cm³/mol. The van der Waals surface area contributed by atoms with Crippen molar-refractivity contribution in [2.24, 2.45) is 5.92 Å². The zero-order chi connectivity index (χ0) is 6.85. The lowest BCUT2D eigenvalue weighted by atomic mass is 10.0. The maximum atomic E-state index is 10.7. The Balaban J connectivity index is 2.49. The second-order valence-electron chi connectivity index (χ2n) is 2.43. The van der Waals surface area contributed by atoms with Gasteiger partial charge in [0.15, 0.2) is 0 Å². The molecule has 52 valence electrons. The van der Waals surface area contributed by atoms with Crippen molar-refractivity contribution in [2.75, 3.05) is 6.54 Å². The number of rotatable bonds is 1. The van der Waals surface area contributed by atoms with Crippen molar-refractivity contribution in [3.63, 3.8) is 0 Å². The number of aliphatic hydroxyl groups excluding tert-OH is 1. The minimum atomic E-state index is -0.493. The molecule has 0 radical (unpaired) electrons. The van der Waals surface area contributed by atoms with Gasteiger partial charge in [0, 0.05) is 6.54 Å². The summed E-state index contributed by atoms with van der Waals surface area (Å²) in [5.74, 6) is -0.171. The van der Waals surface area contributed by atoms with E-state index in [1.807, 2.05) is 0 Å². The van der Waals surface area contributed by atoms with Gasteiger partial charge < -0.3 is 10.4 Å². The Morgan fingerprint density at radius 3 is 2.78 bits per heavy atom. The summed E-state index contributed by atoms with van der Waals surface area (Å²) in [7, 11) is 0. The zero-order valence-corrected chi connectivity index (χ0v) is 5.42. The van der Waals surface area contributed by atoms with E-state index in [4.69, 9.17) is 5.11 Å². The van der Waals surface area contributed by atoms with Gasteiger partial charge in [0.2, 0.25) is 5.91 Å². The Morgan fingerprint density at radius 1 is 1.89 bits per heavy atom. The molecule has 0 bridgehead atoms. The predicted octanol–water partition coefficient (Wildman–Crippen LogP) is -0.497. The third-order valence-corrected chi connectivity index (χ3v) is 1.67. The van der Waals surface area contributed by atoms with E-state index in [1.165, 1.54) is 0 Å². The molecular formula is C6H11NO2. The van der Waals surface area contributed by atoms with Crippen LogP contribution >= 0.6 is 0 Å². The van der Waals surface area contributed by atoms with Crippen LogP contribution in [0.15, 0.2) is 0 Å². The lowest BCUT2D eigenvalue weighted by Crippen LogP contribution is -2.26. The third kappa shape index (κ3) is 1.21. The van der Waals surface area contributed by atoms with Crippen molar-refractivity contribution >= 4 is 5.91 Å². The number of amides is 1. The molecule has 1 aliphatic heterocycles. The van der Waals surface area contributed by atoms with Gasteiger partial charge in [-0.05, 0) is 13.3 Å². The first-order valence-electron chi connectivity index (χ1n) is 3.17. The number of carbonyl (C=O) groups excluding carboxylic acids is 1. The summed E-state index contributed by atoms with van der Waals surface area (Å²) >= 11 is 0. The molecule has 1 rings (SSSR count). The van der Waals surface area contributed by atoms with Gasteiger partial charge in [0.25, 0.3) is 0 Å². The molecule has 1 amide bonds. The summed E-state index contributed by atoms with van der Waals surface area (Å²) in [6.07, 6.45) is 0.281. The van der Waals surface area contributed by atoms with Gasteiger partial charge in [-0.2, -0.15) is 0 Å². The second kappa shape index (κ2) is 2.35. The lowest BCUT2D eigenvalue weighted by molar-refractivity contribution is -0.125. The smallest absolute Gasteiger partial charge is 0.225 e. The number of nitrogens with one attached hydrogen (secondary N) is 1. The number of hydrogen-bond acceptors (Lipinski definition) is 2. The molecule has 0 spiro atoms. The van der Waals surface area contributed by atoms with Crippen molar-refractivity contribution in [1.29, 1.82) is 0 Å². The van der Waals surface area contributed by atoms with Crippen LogP contribution in [0.5, 0.6) is 0 Å². The third-order valence-electron chi connectivity index (χ3n) is 1.67. The standard InChI is InChI=1S/C6H11NO2/c1-4(8)5-2-3-7-6(5)9/h4-5,8H,2-3H2,1H3,(H,7,9). The normalized spacial score (nSPS) is 30.0. The largest absolute Gasteiger partial charge is 0.393 e. The van der Waals surface area contributed by atoms with Gasteiger partial charge >= 0.3 is 0 Å². The first-order valence-corrected chi connectivity index (χ1v) is 3.17. The zero-order valence-electron chi connectivity index (χ0n) is 5.42. The monoisotopic (exact) mass is 129 g/mol. The average molecular weight is 129 g/mol. The van der Waals surface area contributed by atoms with E-state index in [-0.39, 0.29) is 11.8 Å². The molecule has 0 aromatic carbocycles. The minimum absolute atomic E-state index is 0.00926. The lowest BCUT2D eigenvalue weighted by Gasteiger charge is -2.07. The maximum absolute atomic E-state index is 10.7. The van der Waals surface area contributed by atoms with Gasteiger partial charge in [-0.25, -0.2) is 0 Å². The van der Waals surface area contributed by atoms with Crippen molar-refractivity contribution in [2.45, 2.75) is 19.4 Å². The van der Waals surface area contributed by atoms with Crippen LogP contribution < -0.4 is 5.32 Å². The van der Waals surface area contributed by atoms with E-state index in [0.717, 1.165) is 6.42 Å². The Bertz CT molecular complexity index is 122. The van der Waals surface area contributed by atoms with E-state index < -0.39 is 6.10 Å². The quantitative estimate of drug-likeness (QED) is 0.501. The molecular weight excluding hydrogens is 118 g/mol. The van der Waals surface area contributed by atoms with Crippen LogP contribution in [0.4, 0.5) is 0 Å². The van der Waals surface area contributed by atoms with Crippen LogP contribution in [0.2, 0.25) is 0 Å². The average Bonchev–Trinajstić information content (AvgIpc) is 2.13. The fourth-order valence-corrected chi connectivity index (χ4v) is 1.07. The van der Waals surface area contributed by atoms with E-state index in [0.29, 0.717) is 6.54 Å². The Kier molecular flexibility index (Phi) is 1.71. The molecule has 0 aromatic rings. The Labute approximate surface area is 54.1 Å². The first-order chi connectivity index (χ1) is 4.22. The second-order valence-corrected chi connectivity index (χ2v) is 2.43. The molecule has 2 unspecified atom stereocenters. The van der Waals surface area contributed by atoms with Gasteiger partial charge in [0.05, 0.1) is 12.0 Å². The summed E-state index contributed by atoms with van der Waals surface area (Å²) in [5.41, 5.74) is 0. The highest BCUT2D eigenvalue weighted by Gasteiger charge is 2.27. The van der Waals surface area contributed by atoms with Crippen molar-refractivity contribution in [3.05, 3.63) is 0 Å². The van der Waals surface area contributed by atoms with Gasteiger partial charge in [-0.3, -0.25) is 4.79 Å². The van der Waals surface area contributed by atoms with Crippen molar-refractivity contribution in [1.82, 2.24) is 5.32 Å². The highest BCUT2D eigenvalue weighted by atomic mass is 16.3. The molecule has 2 N–H and O–H groups in total. The SMILES string of the molecule is CC(O)C1CCNC1=O. The molecule has 3 nitrogen and oxygen atoms in total. The van der Waals surface area contributed by atoms with Crippen LogP contribution in [-0.2, 0) is 4.79 Å². The van der Waals surface area contributed by atoms with Crippen molar-refractivity contribution < 1.29 is 9.90 Å². The summed E-state index contributed by atoms with van der Waals surface area (Å²) in [4.78, 5) is 10.7. The summed E-state index contributed by atoms with van der Waals surface area (Å²) in [6, 6.07) is 0. The Hall–Kier alpha value is -0.570. The summed E-state index contributed by atoms with van der Waals surface area (Å²) in [5, 5.41) is 11.6. The van der Waals surface area contributed by atoms with Gasteiger partial charge in [-0.1, -0.05) is 0 Å². The molecule has 0 saturated carbocycles. The topological polar surface area (TPSA) is 49.3 Å². The van der Waals surface area contributed by atoms with E-state index in [9.17, 15) is 4.79 Å². The fraction of sp³-hybridized carbons (Fsp3) is 0.833. The van der Waals surface area contributed by atoms with E-state index in [2.05, 4.69) is 5.32 Å². The van der Waals surface area contributed by atoms with Gasteiger partial charge in [0.1, 0.15) is 0 Å². The molecule has 1 fully saturated rings. The van der Waals surface area contributed by atoms with Crippen LogP contribution in [-0.4, -0.2) is 23.7 Å². The summed E-state index contributed by atoms with van der Waals surface area (Å²) < 4.78 is 0. The van der Waals surface area contributed by atoms with Crippen molar-refractivity contribution in [3.8, 4) is 0 Å². The highest BCUT2D eigenvalue weighted by molar-refractivity contribution is 5.81. The first kappa shape index (κ1) is 6.55. The molecule has 1 aliphatic rings. The van der Waals surface area contributed by atoms with E-state index in [1.54, 1.807) is 6.92 Å². The molecule has 3 heteroatoms. The van der Waals surface area contributed by atoms with Crippen LogP contribution in [0, 0.1) is 5.92 Å². The maximum Gasteiger partial charge on any atom is 0.225 e. The number of carbonyl (C=O) groups is 1. The van der Waals surface area contributed by atoms with Crippen LogP contribution in [0.25, 0.3) is 0 Å². The summed E-state index contributed by atoms with van der Waals surface area (Å²) in [6.45, 7) is 2.37. The molecule has 2 atom stereocenters.